The van der Waals surface area contributed by atoms with Crippen molar-refractivity contribution in [1.29, 1.82) is 0 Å². The average molecular weight is 494 g/mol. The molecular weight excluding hydrogens is 458 g/mol. The van der Waals surface area contributed by atoms with Crippen LogP contribution in [0, 0.1) is 0 Å². The SMILES string of the molecule is CCCCN(C)C(=O)C(=Cc1cn(CC)c2ccccc12)NC(=O)c1cc(OC)c(OC)c(OC)c1. The minimum Gasteiger partial charge on any atom is -0.493 e. The van der Waals surface area contributed by atoms with Crippen LogP contribution in [0.4, 0.5) is 0 Å². The lowest BCUT2D eigenvalue weighted by Gasteiger charge is -2.20. The standard InChI is InChI=1S/C28H35N3O5/c1-7-9-14-30(3)28(33)22(15-20-18-31(8-2)23-13-11-10-12-21(20)23)29-27(32)19-16-24(34-4)26(36-6)25(17-19)35-5/h10-13,15-18H,7-9,14H2,1-6H3,(H,29,32). The minimum absolute atomic E-state index is 0.186. The first-order chi connectivity index (χ1) is 17.4. The number of methoxy groups -OCH3 is 3. The highest BCUT2D eigenvalue weighted by atomic mass is 16.5. The van der Waals surface area contributed by atoms with Gasteiger partial charge in [0, 0.05) is 48.4 Å². The number of hydrogen-bond acceptors (Lipinski definition) is 5. The molecule has 8 heteroatoms. The third-order valence-electron chi connectivity index (χ3n) is 6.06. The molecule has 3 aromatic rings. The number of unbranched alkanes of at least 4 members (excludes halogenated alkanes) is 1. The molecule has 0 saturated carbocycles. The predicted molar refractivity (Wildman–Crippen MR) is 142 cm³/mol. The van der Waals surface area contributed by atoms with Gasteiger partial charge >= 0.3 is 0 Å². The molecule has 0 spiro atoms. The van der Waals surface area contributed by atoms with Crippen molar-refractivity contribution >= 4 is 28.8 Å². The predicted octanol–water partition coefficient (Wildman–Crippen LogP) is 4.72. The molecule has 0 atom stereocenters. The van der Waals surface area contributed by atoms with E-state index >= 15 is 0 Å². The van der Waals surface area contributed by atoms with Crippen LogP contribution in [0.5, 0.6) is 17.2 Å². The summed E-state index contributed by atoms with van der Waals surface area (Å²) in [5.41, 5.74) is 2.37. The van der Waals surface area contributed by atoms with Gasteiger partial charge in [0.1, 0.15) is 5.70 Å². The molecule has 2 aromatic carbocycles. The Labute approximate surface area is 212 Å². The normalized spacial score (nSPS) is 11.3. The van der Waals surface area contributed by atoms with Crippen LogP contribution in [-0.4, -0.2) is 56.2 Å². The number of ether oxygens (including phenoxy) is 3. The fourth-order valence-corrected chi connectivity index (χ4v) is 4.07. The summed E-state index contributed by atoms with van der Waals surface area (Å²) in [6.07, 6.45) is 5.56. The topological polar surface area (TPSA) is 82.0 Å². The largest absolute Gasteiger partial charge is 0.493 e. The van der Waals surface area contributed by atoms with Crippen LogP contribution in [0.1, 0.15) is 42.6 Å². The van der Waals surface area contributed by atoms with Crippen LogP contribution in [0.15, 0.2) is 48.3 Å². The van der Waals surface area contributed by atoms with Gasteiger partial charge < -0.3 is 29.0 Å². The summed E-state index contributed by atoms with van der Waals surface area (Å²) >= 11 is 0. The van der Waals surface area contributed by atoms with E-state index < -0.39 is 5.91 Å². The Hall–Kier alpha value is -3.94. The van der Waals surface area contributed by atoms with Gasteiger partial charge in [-0.25, -0.2) is 0 Å². The Bertz CT molecular complexity index is 1240. The van der Waals surface area contributed by atoms with Gasteiger partial charge in [0.15, 0.2) is 11.5 Å². The number of fused-ring (bicyclic) bond motifs is 1. The summed E-state index contributed by atoms with van der Waals surface area (Å²) < 4.78 is 18.2. The minimum atomic E-state index is -0.461. The fraction of sp³-hybridized carbons (Fsp3) is 0.357. The van der Waals surface area contributed by atoms with Crippen LogP contribution in [0.2, 0.25) is 0 Å². The monoisotopic (exact) mass is 493 g/mol. The molecule has 0 saturated heterocycles. The second kappa shape index (κ2) is 12.2. The summed E-state index contributed by atoms with van der Waals surface area (Å²) in [6, 6.07) is 11.1. The Morgan fingerprint density at radius 2 is 1.69 bits per heavy atom. The molecule has 0 aliphatic heterocycles. The molecule has 1 heterocycles. The van der Waals surface area contributed by atoms with Gasteiger partial charge in [0.05, 0.1) is 21.3 Å². The van der Waals surface area contributed by atoms with Gasteiger partial charge in [-0.1, -0.05) is 31.5 Å². The Morgan fingerprint density at radius 3 is 2.28 bits per heavy atom. The maximum Gasteiger partial charge on any atom is 0.270 e. The van der Waals surface area contributed by atoms with Crippen molar-refractivity contribution in [2.45, 2.75) is 33.2 Å². The number of amides is 2. The maximum absolute atomic E-state index is 13.4. The zero-order chi connectivity index (χ0) is 26.2. The molecular formula is C28H35N3O5. The van der Waals surface area contributed by atoms with E-state index in [1.807, 2.05) is 30.5 Å². The highest BCUT2D eigenvalue weighted by molar-refractivity contribution is 6.07. The molecule has 0 aliphatic carbocycles. The number of carbonyl (C=O) groups excluding carboxylic acids is 2. The number of nitrogens with one attached hydrogen (secondary N) is 1. The number of aryl methyl sites for hydroxylation is 1. The molecule has 0 aliphatic rings. The first-order valence-electron chi connectivity index (χ1n) is 12.0. The van der Waals surface area contributed by atoms with Crippen LogP contribution < -0.4 is 19.5 Å². The highest BCUT2D eigenvalue weighted by Gasteiger charge is 2.22. The molecule has 0 bridgehead atoms. The third kappa shape index (κ3) is 5.64. The number of para-hydroxylation sites is 1. The molecule has 0 unspecified atom stereocenters. The molecule has 8 nitrogen and oxygen atoms in total. The number of nitrogens with zero attached hydrogens (tertiary/aromatic N) is 2. The van der Waals surface area contributed by atoms with E-state index in [9.17, 15) is 9.59 Å². The van der Waals surface area contributed by atoms with Crippen LogP contribution in [0.3, 0.4) is 0 Å². The summed E-state index contributed by atoms with van der Waals surface area (Å²) in [6.45, 7) is 5.51. The van der Waals surface area contributed by atoms with E-state index in [1.165, 1.54) is 21.3 Å². The Morgan fingerprint density at radius 1 is 1.03 bits per heavy atom. The first kappa shape index (κ1) is 26.7. The number of hydrogen-bond donors (Lipinski definition) is 1. The van der Waals surface area contributed by atoms with Crippen LogP contribution >= 0.6 is 0 Å². The van der Waals surface area contributed by atoms with Crippen molar-refractivity contribution in [3.63, 3.8) is 0 Å². The lowest BCUT2D eigenvalue weighted by atomic mass is 10.1. The smallest absolute Gasteiger partial charge is 0.270 e. The lowest BCUT2D eigenvalue weighted by molar-refractivity contribution is -0.126. The van der Waals surface area contributed by atoms with E-state index in [1.54, 1.807) is 30.2 Å². The number of likely N-dealkylation sites (N-methyl/N-ethyl adjacent to an activating group) is 1. The van der Waals surface area contributed by atoms with Crippen molar-refractivity contribution in [1.82, 2.24) is 14.8 Å². The molecule has 0 radical (unpaired) electrons. The molecule has 36 heavy (non-hydrogen) atoms. The molecule has 192 valence electrons. The van der Waals surface area contributed by atoms with E-state index in [0.29, 0.717) is 23.8 Å². The van der Waals surface area contributed by atoms with Gasteiger partial charge in [-0.3, -0.25) is 9.59 Å². The quantitative estimate of drug-likeness (QED) is 0.391. The molecule has 2 amide bonds. The lowest BCUT2D eigenvalue weighted by Crippen LogP contribution is -2.36. The highest BCUT2D eigenvalue weighted by Crippen LogP contribution is 2.38. The number of benzene rings is 2. The Balaban J connectivity index is 2.06. The first-order valence-corrected chi connectivity index (χ1v) is 12.0. The summed E-state index contributed by atoms with van der Waals surface area (Å²) in [5.74, 6) is 0.361. The van der Waals surface area contributed by atoms with Gasteiger partial charge in [-0.05, 0) is 37.6 Å². The number of rotatable bonds is 11. The van der Waals surface area contributed by atoms with E-state index in [4.69, 9.17) is 14.2 Å². The van der Waals surface area contributed by atoms with Gasteiger partial charge in [0.25, 0.3) is 11.8 Å². The van der Waals surface area contributed by atoms with Gasteiger partial charge in [-0.15, -0.1) is 0 Å². The van der Waals surface area contributed by atoms with E-state index in [-0.39, 0.29) is 17.2 Å². The van der Waals surface area contributed by atoms with E-state index in [0.717, 1.165) is 35.9 Å². The van der Waals surface area contributed by atoms with Crippen LogP contribution in [-0.2, 0) is 11.3 Å². The summed E-state index contributed by atoms with van der Waals surface area (Å²) in [5, 5.41) is 3.84. The molecule has 0 fully saturated rings. The van der Waals surface area contributed by atoms with E-state index in [2.05, 4.69) is 23.7 Å². The maximum atomic E-state index is 13.4. The Kier molecular flexibility index (Phi) is 9.00. The molecule has 1 aromatic heterocycles. The molecule has 1 N–H and O–H groups in total. The van der Waals surface area contributed by atoms with Crippen molar-refractivity contribution in [3.8, 4) is 17.2 Å². The average Bonchev–Trinajstić information content (AvgIpc) is 3.27. The second-order valence-corrected chi connectivity index (χ2v) is 8.39. The fourth-order valence-electron chi connectivity index (χ4n) is 4.07. The molecule has 3 rings (SSSR count). The zero-order valence-electron chi connectivity index (χ0n) is 21.9. The zero-order valence-corrected chi connectivity index (χ0v) is 21.9. The summed E-state index contributed by atoms with van der Waals surface area (Å²) in [4.78, 5) is 28.4. The third-order valence-corrected chi connectivity index (χ3v) is 6.06. The number of carbonyl (C=O) groups is 2. The van der Waals surface area contributed by atoms with Crippen molar-refractivity contribution in [2.24, 2.45) is 0 Å². The van der Waals surface area contributed by atoms with Crippen molar-refractivity contribution in [2.75, 3.05) is 34.9 Å². The van der Waals surface area contributed by atoms with Gasteiger partial charge in [0.2, 0.25) is 5.75 Å². The van der Waals surface area contributed by atoms with Gasteiger partial charge in [-0.2, -0.15) is 0 Å². The number of aromatic nitrogens is 1. The summed E-state index contributed by atoms with van der Waals surface area (Å²) in [7, 11) is 6.21. The van der Waals surface area contributed by atoms with Crippen molar-refractivity contribution in [3.05, 3.63) is 59.4 Å². The van der Waals surface area contributed by atoms with Crippen LogP contribution in [0.25, 0.3) is 17.0 Å². The second-order valence-electron chi connectivity index (χ2n) is 8.39. The van der Waals surface area contributed by atoms with Crippen molar-refractivity contribution < 1.29 is 23.8 Å².